The molecule has 0 spiro atoms. The number of morpholine rings is 1. The summed E-state index contributed by atoms with van der Waals surface area (Å²) in [5.41, 5.74) is 8.32. The van der Waals surface area contributed by atoms with Gasteiger partial charge < -0.3 is 20.5 Å². The first-order valence-electron chi connectivity index (χ1n) is 9.62. The summed E-state index contributed by atoms with van der Waals surface area (Å²) in [4.78, 5) is 6.68. The number of nitrogens with two attached hydrogens (primary N) is 1. The molecule has 1 heterocycles. The third kappa shape index (κ3) is 6.36. The quantitative estimate of drug-likeness (QED) is 0.549. The summed E-state index contributed by atoms with van der Waals surface area (Å²) in [7, 11) is 0. The highest BCUT2D eigenvalue weighted by Gasteiger charge is 2.32. The predicted molar refractivity (Wildman–Crippen MR) is 110 cm³/mol. The Bertz CT molecular complexity index is 867. The van der Waals surface area contributed by atoms with Gasteiger partial charge in [-0.3, -0.25) is 9.89 Å². The summed E-state index contributed by atoms with van der Waals surface area (Å²) in [6.45, 7) is 5.19. The molecule has 1 atom stereocenters. The fraction of sp³-hybridized carbons (Fsp3) is 0.381. The van der Waals surface area contributed by atoms with Crippen LogP contribution in [-0.4, -0.2) is 50.1 Å². The van der Waals surface area contributed by atoms with Gasteiger partial charge in [0, 0.05) is 13.1 Å². The summed E-state index contributed by atoms with van der Waals surface area (Å²) in [5, 5.41) is 2.71. The third-order valence-electron chi connectivity index (χ3n) is 4.72. The van der Waals surface area contributed by atoms with Crippen molar-refractivity contribution in [2.24, 2.45) is 10.7 Å². The van der Waals surface area contributed by atoms with Crippen LogP contribution in [0.25, 0.3) is 0 Å². The standard InChI is InChI=1S/C21H25F3N4O2/c1-15-5-4-6-16(13-15)18(28-9-11-29-12-10-28)14-26-20(25)27-17-7-2-3-8-19(17)30-21(22,23)24/h2-8,13,18H,9-12,14H2,1H3,(H3,25,26,27). The van der Waals surface area contributed by atoms with Gasteiger partial charge in [0.2, 0.25) is 0 Å². The molecule has 1 aliphatic heterocycles. The van der Waals surface area contributed by atoms with Crippen molar-refractivity contribution < 1.29 is 22.6 Å². The van der Waals surface area contributed by atoms with E-state index in [4.69, 9.17) is 10.5 Å². The van der Waals surface area contributed by atoms with E-state index in [0.717, 1.165) is 24.2 Å². The molecule has 0 aromatic heterocycles. The summed E-state index contributed by atoms with van der Waals surface area (Å²) in [6, 6.07) is 13.8. The number of nitrogens with zero attached hydrogens (tertiary/aromatic N) is 2. The van der Waals surface area contributed by atoms with Gasteiger partial charge in [-0.15, -0.1) is 13.2 Å². The molecule has 3 N–H and O–H groups in total. The van der Waals surface area contributed by atoms with E-state index in [9.17, 15) is 13.2 Å². The molecule has 1 saturated heterocycles. The topological polar surface area (TPSA) is 72.1 Å². The number of aryl methyl sites for hydroxylation is 1. The number of hydrogen-bond acceptors (Lipinski definition) is 4. The molecule has 6 nitrogen and oxygen atoms in total. The van der Waals surface area contributed by atoms with Gasteiger partial charge in [-0.25, -0.2) is 0 Å². The van der Waals surface area contributed by atoms with E-state index < -0.39 is 6.36 Å². The molecular formula is C21H25F3N4O2. The summed E-state index contributed by atoms with van der Waals surface area (Å²) in [5.74, 6) is -0.356. The fourth-order valence-electron chi connectivity index (χ4n) is 3.34. The van der Waals surface area contributed by atoms with Crippen LogP contribution >= 0.6 is 0 Å². The highest BCUT2D eigenvalue weighted by atomic mass is 19.4. The zero-order chi connectivity index (χ0) is 21.6. The molecule has 2 aromatic carbocycles. The van der Waals surface area contributed by atoms with Gasteiger partial charge in [-0.2, -0.15) is 0 Å². The van der Waals surface area contributed by atoms with Gasteiger partial charge in [0.05, 0.1) is 31.5 Å². The number of aliphatic imine (C=N–C) groups is 1. The number of benzene rings is 2. The smallest absolute Gasteiger partial charge is 0.404 e. The number of alkyl halides is 3. The Labute approximate surface area is 173 Å². The number of halogens is 3. The molecule has 30 heavy (non-hydrogen) atoms. The molecule has 2 aromatic rings. The molecule has 9 heteroatoms. The lowest BCUT2D eigenvalue weighted by molar-refractivity contribution is -0.274. The van der Waals surface area contributed by atoms with Crippen LogP contribution in [0.15, 0.2) is 53.5 Å². The molecule has 0 saturated carbocycles. The maximum Gasteiger partial charge on any atom is 0.573 e. The fourth-order valence-corrected chi connectivity index (χ4v) is 3.34. The Hall–Kier alpha value is -2.78. The number of ether oxygens (including phenoxy) is 2. The first-order chi connectivity index (χ1) is 14.3. The first-order valence-corrected chi connectivity index (χ1v) is 9.62. The maximum absolute atomic E-state index is 12.6. The van der Waals surface area contributed by atoms with Crippen molar-refractivity contribution in [2.75, 3.05) is 38.2 Å². The van der Waals surface area contributed by atoms with Crippen LogP contribution in [0.3, 0.4) is 0 Å². The lowest BCUT2D eigenvalue weighted by Gasteiger charge is -2.34. The Morgan fingerprint density at radius 3 is 2.63 bits per heavy atom. The van der Waals surface area contributed by atoms with Gasteiger partial charge in [-0.05, 0) is 24.6 Å². The summed E-state index contributed by atoms with van der Waals surface area (Å²) < 4.78 is 47.3. The molecule has 3 rings (SSSR count). The van der Waals surface area contributed by atoms with Gasteiger partial charge in [-0.1, -0.05) is 42.0 Å². The minimum atomic E-state index is -4.80. The van der Waals surface area contributed by atoms with E-state index in [1.54, 1.807) is 6.07 Å². The van der Waals surface area contributed by atoms with Gasteiger partial charge in [0.25, 0.3) is 0 Å². The van der Waals surface area contributed by atoms with E-state index in [1.165, 1.54) is 18.2 Å². The minimum absolute atomic E-state index is 0.0131. The second-order valence-corrected chi connectivity index (χ2v) is 6.97. The Morgan fingerprint density at radius 1 is 1.20 bits per heavy atom. The Morgan fingerprint density at radius 2 is 1.93 bits per heavy atom. The molecule has 1 unspecified atom stereocenters. The predicted octanol–water partition coefficient (Wildman–Crippen LogP) is 3.69. The van der Waals surface area contributed by atoms with Crippen LogP contribution in [0.1, 0.15) is 17.2 Å². The van der Waals surface area contributed by atoms with Crippen molar-refractivity contribution in [3.63, 3.8) is 0 Å². The van der Waals surface area contributed by atoms with E-state index >= 15 is 0 Å². The second-order valence-electron chi connectivity index (χ2n) is 6.97. The molecule has 1 fully saturated rings. The molecule has 0 amide bonds. The molecule has 1 aliphatic rings. The van der Waals surface area contributed by atoms with E-state index in [0.29, 0.717) is 19.8 Å². The summed E-state index contributed by atoms with van der Waals surface area (Å²) in [6.07, 6.45) is -4.80. The SMILES string of the molecule is Cc1cccc(C(CN=C(N)Nc2ccccc2OC(F)(F)F)N2CCOCC2)c1. The molecular weight excluding hydrogens is 397 g/mol. The zero-order valence-corrected chi connectivity index (χ0v) is 16.7. The first kappa shape index (κ1) is 21.9. The van der Waals surface area contributed by atoms with E-state index in [1.807, 2.05) is 25.1 Å². The zero-order valence-electron chi connectivity index (χ0n) is 16.7. The van der Waals surface area contributed by atoms with Crippen LogP contribution < -0.4 is 15.8 Å². The van der Waals surface area contributed by atoms with Crippen molar-refractivity contribution in [1.82, 2.24) is 4.90 Å². The number of para-hydroxylation sites is 2. The average molecular weight is 422 g/mol. The Kier molecular flexibility index (Phi) is 7.17. The van der Waals surface area contributed by atoms with Gasteiger partial charge in [0.1, 0.15) is 0 Å². The molecule has 0 bridgehead atoms. The van der Waals surface area contributed by atoms with Crippen LogP contribution in [-0.2, 0) is 4.74 Å². The van der Waals surface area contributed by atoms with E-state index in [2.05, 4.69) is 26.0 Å². The second kappa shape index (κ2) is 9.82. The van der Waals surface area contributed by atoms with Crippen molar-refractivity contribution in [2.45, 2.75) is 19.3 Å². The largest absolute Gasteiger partial charge is 0.573 e. The molecule has 0 aliphatic carbocycles. The molecule has 162 valence electrons. The van der Waals surface area contributed by atoms with Crippen molar-refractivity contribution in [1.29, 1.82) is 0 Å². The van der Waals surface area contributed by atoms with Gasteiger partial charge in [0.15, 0.2) is 11.7 Å². The van der Waals surface area contributed by atoms with Crippen LogP contribution in [0, 0.1) is 6.92 Å². The maximum atomic E-state index is 12.6. The van der Waals surface area contributed by atoms with Crippen molar-refractivity contribution in [3.05, 3.63) is 59.7 Å². The number of anilines is 1. The van der Waals surface area contributed by atoms with Crippen LogP contribution in [0.2, 0.25) is 0 Å². The minimum Gasteiger partial charge on any atom is -0.404 e. The lowest BCUT2D eigenvalue weighted by Crippen LogP contribution is -2.40. The normalized spacial score (nSPS) is 16.9. The number of rotatable bonds is 6. The Balaban J connectivity index is 1.75. The highest BCUT2D eigenvalue weighted by Crippen LogP contribution is 2.30. The van der Waals surface area contributed by atoms with E-state index in [-0.39, 0.29) is 23.4 Å². The number of nitrogens with one attached hydrogen (secondary N) is 1. The third-order valence-corrected chi connectivity index (χ3v) is 4.72. The molecule has 0 radical (unpaired) electrons. The monoisotopic (exact) mass is 422 g/mol. The van der Waals surface area contributed by atoms with Crippen molar-refractivity contribution >= 4 is 11.6 Å². The average Bonchev–Trinajstić information content (AvgIpc) is 2.69. The summed E-state index contributed by atoms with van der Waals surface area (Å²) >= 11 is 0. The van der Waals surface area contributed by atoms with Crippen LogP contribution in [0.4, 0.5) is 18.9 Å². The highest BCUT2D eigenvalue weighted by molar-refractivity contribution is 5.93. The number of hydrogen-bond donors (Lipinski definition) is 2. The lowest BCUT2D eigenvalue weighted by atomic mass is 10.0. The van der Waals surface area contributed by atoms with Crippen LogP contribution in [0.5, 0.6) is 5.75 Å². The van der Waals surface area contributed by atoms with Gasteiger partial charge >= 0.3 is 6.36 Å². The van der Waals surface area contributed by atoms with Crippen molar-refractivity contribution in [3.8, 4) is 5.75 Å². The number of guanidine groups is 1.